The van der Waals surface area contributed by atoms with E-state index in [9.17, 15) is 14.4 Å². The van der Waals surface area contributed by atoms with Crippen LogP contribution in [0.2, 0.25) is 0 Å². The number of aryl methyl sites for hydroxylation is 1. The Morgan fingerprint density at radius 1 is 1.33 bits per heavy atom. The number of imide groups is 1. The molecule has 1 fully saturated rings. The van der Waals surface area contributed by atoms with Gasteiger partial charge in [0.15, 0.2) is 5.76 Å². The van der Waals surface area contributed by atoms with Crippen LogP contribution in [0.5, 0.6) is 0 Å². The zero-order valence-electron chi connectivity index (χ0n) is 11.7. The van der Waals surface area contributed by atoms with Gasteiger partial charge in [-0.25, -0.2) is 0 Å². The maximum atomic E-state index is 12.6. The molecule has 6 heteroatoms. The summed E-state index contributed by atoms with van der Waals surface area (Å²) in [5.41, 5.74) is 1.32. The second-order valence-corrected chi connectivity index (χ2v) is 5.07. The van der Waals surface area contributed by atoms with Gasteiger partial charge in [0.05, 0.1) is 0 Å². The minimum atomic E-state index is -0.706. The van der Waals surface area contributed by atoms with Crippen LogP contribution in [0.4, 0.5) is 0 Å². The predicted molar refractivity (Wildman–Crippen MR) is 74.6 cm³/mol. The van der Waals surface area contributed by atoms with E-state index in [1.807, 2.05) is 18.2 Å². The Hall–Kier alpha value is -2.63. The molecule has 1 aliphatic heterocycles. The van der Waals surface area contributed by atoms with Crippen molar-refractivity contribution in [2.45, 2.75) is 19.9 Å². The monoisotopic (exact) mass is 286 g/mol. The van der Waals surface area contributed by atoms with Gasteiger partial charge < -0.3 is 9.32 Å². The number of hydrogen-bond donors (Lipinski definition) is 1. The van der Waals surface area contributed by atoms with Crippen LogP contribution in [0.15, 0.2) is 28.7 Å². The van der Waals surface area contributed by atoms with Gasteiger partial charge in [-0.2, -0.15) is 0 Å². The van der Waals surface area contributed by atoms with E-state index >= 15 is 0 Å². The van der Waals surface area contributed by atoms with Gasteiger partial charge in [-0.05, 0) is 19.9 Å². The number of para-hydroxylation sites is 1. The van der Waals surface area contributed by atoms with Crippen molar-refractivity contribution in [3.05, 3.63) is 35.6 Å². The summed E-state index contributed by atoms with van der Waals surface area (Å²) in [7, 11) is 0. The molecule has 21 heavy (non-hydrogen) atoms. The van der Waals surface area contributed by atoms with E-state index < -0.39 is 23.8 Å². The first-order valence-electron chi connectivity index (χ1n) is 6.62. The van der Waals surface area contributed by atoms with E-state index in [2.05, 4.69) is 5.32 Å². The molecular formula is C15H14N2O4. The number of furan rings is 1. The van der Waals surface area contributed by atoms with Crippen LogP contribution in [0.25, 0.3) is 11.0 Å². The number of amides is 3. The fraction of sp³-hybridized carbons (Fsp3) is 0.267. The highest BCUT2D eigenvalue weighted by Crippen LogP contribution is 2.26. The number of hydrogen-bond acceptors (Lipinski definition) is 4. The third-order valence-corrected chi connectivity index (χ3v) is 3.72. The Morgan fingerprint density at radius 2 is 2.05 bits per heavy atom. The summed E-state index contributed by atoms with van der Waals surface area (Å²) in [5.74, 6) is -1.24. The molecule has 0 aliphatic carbocycles. The van der Waals surface area contributed by atoms with E-state index in [-0.39, 0.29) is 12.3 Å². The van der Waals surface area contributed by atoms with Crippen molar-refractivity contribution in [3.63, 3.8) is 0 Å². The SMILES string of the molecule is Cc1c(C(=O)N2CC(=O)NC(=O)C2C)oc2ccccc12. The average Bonchev–Trinajstić information content (AvgIpc) is 2.80. The highest BCUT2D eigenvalue weighted by molar-refractivity contribution is 6.07. The van der Waals surface area contributed by atoms with Crippen molar-refractivity contribution in [1.82, 2.24) is 10.2 Å². The Kier molecular flexibility index (Phi) is 3.01. The molecule has 1 aromatic heterocycles. The lowest BCUT2D eigenvalue weighted by atomic mass is 10.1. The number of piperazine rings is 1. The van der Waals surface area contributed by atoms with E-state index in [1.165, 1.54) is 4.90 Å². The number of benzene rings is 1. The van der Waals surface area contributed by atoms with Crippen molar-refractivity contribution in [1.29, 1.82) is 0 Å². The van der Waals surface area contributed by atoms with Crippen LogP contribution < -0.4 is 5.32 Å². The number of nitrogens with zero attached hydrogens (tertiary/aromatic N) is 1. The quantitative estimate of drug-likeness (QED) is 0.800. The average molecular weight is 286 g/mol. The number of rotatable bonds is 1. The first-order chi connectivity index (χ1) is 9.99. The lowest BCUT2D eigenvalue weighted by Crippen LogP contribution is -2.58. The van der Waals surface area contributed by atoms with Crippen molar-refractivity contribution in [2.75, 3.05) is 6.54 Å². The number of nitrogens with one attached hydrogen (secondary N) is 1. The zero-order valence-corrected chi connectivity index (χ0v) is 11.7. The van der Waals surface area contributed by atoms with Gasteiger partial charge in [-0.3, -0.25) is 19.7 Å². The van der Waals surface area contributed by atoms with Gasteiger partial charge in [-0.1, -0.05) is 18.2 Å². The zero-order chi connectivity index (χ0) is 15.1. The fourth-order valence-electron chi connectivity index (χ4n) is 2.47. The second kappa shape index (κ2) is 4.73. The van der Waals surface area contributed by atoms with Crippen LogP contribution >= 0.6 is 0 Å². The second-order valence-electron chi connectivity index (χ2n) is 5.07. The lowest BCUT2D eigenvalue weighted by Gasteiger charge is -2.31. The summed E-state index contributed by atoms with van der Waals surface area (Å²) in [5, 5.41) is 3.05. The fourth-order valence-corrected chi connectivity index (χ4v) is 2.47. The van der Waals surface area contributed by atoms with Crippen molar-refractivity contribution >= 4 is 28.7 Å². The summed E-state index contributed by atoms with van der Waals surface area (Å²) in [6, 6.07) is 6.61. The van der Waals surface area contributed by atoms with Crippen LogP contribution in [0, 0.1) is 6.92 Å². The third-order valence-electron chi connectivity index (χ3n) is 3.72. The van der Waals surface area contributed by atoms with Gasteiger partial charge >= 0.3 is 0 Å². The summed E-state index contributed by atoms with van der Waals surface area (Å²) in [4.78, 5) is 36.9. The van der Waals surface area contributed by atoms with Crippen LogP contribution in [-0.2, 0) is 9.59 Å². The standard InChI is InChI=1S/C15H14N2O4/c1-8-10-5-3-4-6-11(10)21-13(8)15(20)17-7-12(18)16-14(19)9(17)2/h3-6,9H,7H2,1-2H3,(H,16,18,19). The van der Waals surface area contributed by atoms with Crippen LogP contribution in [-0.4, -0.2) is 35.2 Å². The predicted octanol–water partition coefficient (Wildman–Crippen LogP) is 1.23. The van der Waals surface area contributed by atoms with Gasteiger partial charge in [0.2, 0.25) is 11.8 Å². The molecular weight excluding hydrogens is 272 g/mol. The Balaban J connectivity index is 2.02. The van der Waals surface area contributed by atoms with Crippen molar-refractivity contribution in [2.24, 2.45) is 0 Å². The minimum Gasteiger partial charge on any atom is -0.451 e. The lowest BCUT2D eigenvalue weighted by molar-refractivity contribution is -0.138. The topological polar surface area (TPSA) is 79.6 Å². The van der Waals surface area contributed by atoms with Crippen molar-refractivity contribution in [3.8, 4) is 0 Å². The number of carbonyl (C=O) groups excluding carboxylic acids is 3. The Labute approximate surface area is 120 Å². The molecule has 0 saturated carbocycles. The highest BCUT2D eigenvalue weighted by atomic mass is 16.3. The smallest absolute Gasteiger partial charge is 0.291 e. The summed E-state index contributed by atoms with van der Waals surface area (Å²) < 4.78 is 5.60. The molecule has 3 rings (SSSR count). The summed E-state index contributed by atoms with van der Waals surface area (Å²) in [6.45, 7) is 3.22. The number of carbonyl (C=O) groups is 3. The van der Waals surface area contributed by atoms with Crippen LogP contribution in [0.3, 0.4) is 0 Å². The van der Waals surface area contributed by atoms with Crippen molar-refractivity contribution < 1.29 is 18.8 Å². The maximum Gasteiger partial charge on any atom is 0.291 e. The summed E-state index contributed by atoms with van der Waals surface area (Å²) in [6.07, 6.45) is 0. The first kappa shape index (κ1) is 13.4. The molecule has 1 aromatic carbocycles. The number of fused-ring (bicyclic) bond motifs is 1. The molecule has 1 N–H and O–H groups in total. The van der Waals surface area contributed by atoms with Gasteiger partial charge in [-0.15, -0.1) is 0 Å². The van der Waals surface area contributed by atoms with Gasteiger partial charge in [0.1, 0.15) is 18.2 Å². The molecule has 1 atom stereocenters. The Bertz CT molecular complexity index is 762. The largest absolute Gasteiger partial charge is 0.451 e. The van der Waals surface area contributed by atoms with E-state index in [4.69, 9.17) is 4.42 Å². The van der Waals surface area contributed by atoms with Gasteiger partial charge in [0, 0.05) is 10.9 Å². The molecule has 0 radical (unpaired) electrons. The molecule has 3 amide bonds. The molecule has 0 bridgehead atoms. The van der Waals surface area contributed by atoms with Crippen LogP contribution in [0.1, 0.15) is 23.0 Å². The molecule has 6 nitrogen and oxygen atoms in total. The first-order valence-corrected chi connectivity index (χ1v) is 6.62. The highest BCUT2D eigenvalue weighted by Gasteiger charge is 2.36. The van der Waals surface area contributed by atoms with E-state index in [0.29, 0.717) is 11.1 Å². The maximum absolute atomic E-state index is 12.6. The molecule has 1 unspecified atom stereocenters. The molecule has 1 aliphatic rings. The minimum absolute atomic E-state index is 0.151. The molecule has 0 spiro atoms. The van der Waals surface area contributed by atoms with Gasteiger partial charge in [0.25, 0.3) is 5.91 Å². The Morgan fingerprint density at radius 3 is 2.76 bits per heavy atom. The van der Waals surface area contributed by atoms with E-state index in [1.54, 1.807) is 19.9 Å². The molecule has 2 heterocycles. The molecule has 2 aromatic rings. The van der Waals surface area contributed by atoms with E-state index in [0.717, 1.165) is 5.39 Å². The molecule has 108 valence electrons. The summed E-state index contributed by atoms with van der Waals surface area (Å²) >= 11 is 0. The third kappa shape index (κ3) is 2.08. The molecule has 1 saturated heterocycles. The normalized spacial score (nSPS) is 19.0.